The van der Waals surface area contributed by atoms with Crippen molar-refractivity contribution in [1.82, 2.24) is 15.1 Å². The van der Waals surface area contributed by atoms with Crippen LogP contribution in [0.4, 0.5) is 6.01 Å². The van der Waals surface area contributed by atoms with Crippen LogP contribution in [0, 0.1) is 0 Å². The SMILES string of the molecule is CN(C)Cc1nnc(N(C)CCC(O)c2ccccc2)o1. The van der Waals surface area contributed by atoms with Crippen LogP contribution in [-0.2, 0) is 6.54 Å². The van der Waals surface area contributed by atoms with Crippen molar-refractivity contribution in [3.63, 3.8) is 0 Å². The molecule has 1 unspecified atom stereocenters. The van der Waals surface area contributed by atoms with Gasteiger partial charge in [-0.1, -0.05) is 35.4 Å². The van der Waals surface area contributed by atoms with Crippen LogP contribution in [0.25, 0.3) is 0 Å². The van der Waals surface area contributed by atoms with E-state index in [0.29, 0.717) is 31.4 Å². The largest absolute Gasteiger partial charge is 0.407 e. The number of aliphatic hydroxyl groups is 1. The predicted octanol–water partition coefficient (Wildman–Crippen LogP) is 1.69. The average Bonchev–Trinajstić information content (AvgIpc) is 2.93. The molecule has 0 aliphatic heterocycles. The summed E-state index contributed by atoms with van der Waals surface area (Å²) in [5.74, 6) is 0.588. The van der Waals surface area contributed by atoms with Gasteiger partial charge in [0.25, 0.3) is 0 Å². The molecule has 1 aromatic heterocycles. The predicted molar refractivity (Wildman–Crippen MR) is 81.0 cm³/mol. The zero-order valence-corrected chi connectivity index (χ0v) is 12.7. The molecule has 1 atom stereocenters. The second-order valence-corrected chi connectivity index (χ2v) is 5.35. The maximum absolute atomic E-state index is 10.1. The van der Waals surface area contributed by atoms with Gasteiger partial charge < -0.3 is 19.3 Å². The normalized spacial score (nSPS) is 12.6. The summed E-state index contributed by atoms with van der Waals surface area (Å²) in [4.78, 5) is 3.83. The molecule has 0 radical (unpaired) electrons. The minimum atomic E-state index is -0.488. The topological polar surface area (TPSA) is 65.6 Å². The molecule has 2 rings (SSSR count). The minimum Gasteiger partial charge on any atom is -0.407 e. The molecule has 0 fully saturated rings. The van der Waals surface area contributed by atoms with Crippen molar-refractivity contribution in [1.29, 1.82) is 0 Å². The molecule has 0 saturated carbocycles. The van der Waals surface area contributed by atoms with E-state index in [1.54, 1.807) is 0 Å². The lowest BCUT2D eigenvalue weighted by Gasteiger charge is -2.17. The van der Waals surface area contributed by atoms with Crippen LogP contribution in [0.15, 0.2) is 34.7 Å². The Balaban J connectivity index is 1.86. The van der Waals surface area contributed by atoms with Crippen LogP contribution >= 0.6 is 0 Å². The van der Waals surface area contributed by atoms with E-state index in [2.05, 4.69) is 10.2 Å². The van der Waals surface area contributed by atoms with Gasteiger partial charge in [0.2, 0.25) is 5.89 Å². The highest BCUT2D eigenvalue weighted by Crippen LogP contribution is 2.18. The minimum absolute atomic E-state index is 0.479. The fourth-order valence-corrected chi connectivity index (χ4v) is 1.99. The standard InChI is InChI=1S/C15H22N4O2/c1-18(2)11-14-16-17-15(21-14)19(3)10-9-13(20)12-7-5-4-6-8-12/h4-8,13,20H,9-11H2,1-3H3. The Morgan fingerprint density at radius 2 is 1.86 bits per heavy atom. The van der Waals surface area contributed by atoms with Gasteiger partial charge in [0.05, 0.1) is 12.6 Å². The van der Waals surface area contributed by atoms with E-state index in [-0.39, 0.29) is 0 Å². The zero-order valence-electron chi connectivity index (χ0n) is 12.7. The Kier molecular flexibility index (Phi) is 5.30. The summed E-state index contributed by atoms with van der Waals surface area (Å²) in [6.07, 6.45) is 0.115. The first-order valence-electron chi connectivity index (χ1n) is 6.97. The maximum atomic E-state index is 10.1. The molecule has 0 aliphatic carbocycles. The molecule has 0 bridgehead atoms. The van der Waals surface area contributed by atoms with Crippen LogP contribution in [0.5, 0.6) is 0 Å². The molecule has 21 heavy (non-hydrogen) atoms. The number of anilines is 1. The van der Waals surface area contributed by atoms with Crippen molar-refractivity contribution in [2.24, 2.45) is 0 Å². The third kappa shape index (κ3) is 4.54. The zero-order chi connectivity index (χ0) is 15.2. The third-order valence-electron chi connectivity index (χ3n) is 3.16. The molecular formula is C15H22N4O2. The summed E-state index contributed by atoms with van der Waals surface area (Å²) >= 11 is 0. The molecule has 1 aromatic carbocycles. The van der Waals surface area contributed by atoms with E-state index in [1.807, 2.05) is 61.3 Å². The average molecular weight is 290 g/mol. The maximum Gasteiger partial charge on any atom is 0.317 e. The summed E-state index contributed by atoms with van der Waals surface area (Å²) in [5, 5.41) is 18.2. The van der Waals surface area contributed by atoms with Gasteiger partial charge >= 0.3 is 6.01 Å². The number of aliphatic hydroxyl groups excluding tert-OH is 1. The van der Waals surface area contributed by atoms with E-state index < -0.39 is 6.10 Å². The highest BCUT2D eigenvalue weighted by molar-refractivity contribution is 5.22. The first-order chi connectivity index (χ1) is 10.1. The highest BCUT2D eigenvalue weighted by Gasteiger charge is 2.13. The number of nitrogens with zero attached hydrogens (tertiary/aromatic N) is 4. The van der Waals surface area contributed by atoms with Crippen LogP contribution in [0.1, 0.15) is 24.0 Å². The van der Waals surface area contributed by atoms with E-state index in [0.717, 1.165) is 5.56 Å². The van der Waals surface area contributed by atoms with Gasteiger partial charge in [0, 0.05) is 13.6 Å². The van der Waals surface area contributed by atoms with Gasteiger partial charge in [0.15, 0.2) is 0 Å². The number of rotatable bonds is 7. The summed E-state index contributed by atoms with van der Waals surface area (Å²) in [6, 6.07) is 10.1. The first kappa shape index (κ1) is 15.5. The molecule has 2 aromatic rings. The second kappa shape index (κ2) is 7.19. The van der Waals surface area contributed by atoms with Crippen molar-refractivity contribution in [3.8, 4) is 0 Å². The summed E-state index contributed by atoms with van der Waals surface area (Å²) < 4.78 is 5.57. The Morgan fingerprint density at radius 3 is 2.52 bits per heavy atom. The van der Waals surface area contributed by atoms with Crippen molar-refractivity contribution in [2.45, 2.75) is 19.1 Å². The molecule has 1 heterocycles. The number of hydrogen-bond donors (Lipinski definition) is 1. The number of aromatic nitrogens is 2. The lowest BCUT2D eigenvalue weighted by atomic mass is 10.1. The van der Waals surface area contributed by atoms with E-state index in [1.165, 1.54) is 0 Å². The quantitative estimate of drug-likeness (QED) is 0.837. The Morgan fingerprint density at radius 1 is 1.14 bits per heavy atom. The summed E-state index contributed by atoms with van der Waals surface area (Å²) in [5.41, 5.74) is 0.921. The second-order valence-electron chi connectivity index (χ2n) is 5.35. The third-order valence-corrected chi connectivity index (χ3v) is 3.16. The van der Waals surface area contributed by atoms with E-state index in [9.17, 15) is 5.11 Å². The monoisotopic (exact) mass is 290 g/mol. The van der Waals surface area contributed by atoms with Crippen LogP contribution in [-0.4, -0.2) is 47.9 Å². The van der Waals surface area contributed by atoms with Crippen LogP contribution in [0.3, 0.4) is 0 Å². The van der Waals surface area contributed by atoms with Crippen molar-refractivity contribution < 1.29 is 9.52 Å². The Hall–Kier alpha value is -1.92. The van der Waals surface area contributed by atoms with Crippen LogP contribution < -0.4 is 4.90 Å². The lowest BCUT2D eigenvalue weighted by Crippen LogP contribution is -2.20. The highest BCUT2D eigenvalue weighted by atomic mass is 16.4. The van der Waals surface area contributed by atoms with E-state index in [4.69, 9.17) is 4.42 Å². The fourth-order valence-electron chi connectivity index (χ4n) is 1.99. The summed E-state index contributed by atoms with van der Waals surface area (Å²) in [7, 11) is 5.78. The molecule has 6 nitrogen and oxygen atoms in total. The van der Waals surface area contributed by atoms with Gasteiger partial charge in [-0.3, -0.25) is 0 Å². The Labute approximate surface area is 125 Å². The molecule has 0 spiro atoms. The van der Waals surface area contributed by atoms with Gasteiger partial charge in [-0.15, -0.1) is 5.10 Å². The molecule has 6 heteroatoms. The molecule has 0 aliphatic rings. The van der Waals surface area contributed by atoms with Crippen LogP contribution in [0.2, 0.25) is 0 Å². The van der Waals surface area contributed by atoms with E-state index >= 15 is 0 Å². The van der Waals surface area contributed by atoms with Gasteiger partial charge in [-0.05, 0) is 26.1 Å². The first-order valence-corrected chi connectivity index (χ1v) is 6.97. The van der Waals surface area contributed by atoms with Gasteiger partial charge in [-0.25, -0.2) is 0 Å². The van der Waals surface area contributed by atoms with Gasteiger partial charge in [-0.2, -0.15) is 0 Å². The van der Waals surface area contributed by atoms with Crippen molar-refractivity contribution in [3.05, 3.63) is 41.8 Å². The molecule has 114 valence electrons. The Bertz CT molecular complexity index is 542. The molecular weight excluding hydrogens is 268 g/mol. The smallest absolute Gasteiger partial charge is 0.317 e. The number of benzene rings is 1. The number of hydrogen-bond acceptors (Lipinski definition) is 6. The summed E-state index contributed by atoms with van der Waals surface area (Å²) in [6.45, 7) is 1.26. The van der Waals surface area contributed by atoms with Crippen molar-refractivity contribution >= 4 is 6.01 Å². The fraction of sp³-hybridized carbons (Fsp3) is 0.467. The lowest BCUT2D eigenvalue weighted by molar-refractivity contribution is 0.169. The molecule has 1 N–H and O–H groups in total. The molecule has 0 saturated heterocycles. The van der Waals surface area contributed by atoms with Gasteiger partial charge in [0.1, 0.15) is 0 Å². The van der Waals surface area contributed by atoms with Crippen molar-refractivity contribution in [2.75, 3.05) is 32.6 Å². The molecule has 0 amide bonds.